The molecule has 1 aromatic rings. The molecule has 0 unspecified atom stereocenters. The number of piperidine rings is 1. The lowest BCUT2D eigenvalue weighted by Crippen LogP contribution is -2.40. The zero-order valence-electron chi connectivity index (χ0n) is 10.0. The van der Waals surface area contributed by atoms with Crippen LogP contribution in [0, 0.1) is 5.92 Å². The normalized spacial score (nSPS) is 16.9. The van der Waals surface area contributed by atoms with Gasteiger partial charge in [-0.1, -0.05) is 0 Å². The van der Waals surface area contributed by atoms with Crippen LogP contribution >= 0.6 is 11.3 Å². The fourth-order valence-electron chi connectivity index (χ4n) is 1.89. The summed E-state index contributed by atoms with van der Waals surface area (Å²) in [5, 5.41) is 9.50. The summed E-state index contributed by atoms with van der Waals surface area (Å²) >= 11 is 1.57. The minimum atomic E-state index is -0.343. The molecule has 0 aromatic carbocycles. The molecule has 1 saturated heterocycles. The van der Waals surface area contributed by atoms with Gasteiger partial charge in [-0.25, -0.2) is 0 Å². The minimum Gasteiger partial charge on any atom is -0.317 e. The average molecular weight is 264 g/mol. The predicted molar refractivity (Wildman–Crippen MR) is 72.1 cm³/mol. The van der Waals surface area contributed by atoms with Gasteiger partial charge in [-0.3, -0.25) is 14.9 Å². The predicted octanol–water partition coefficient (Wildman–Crippen LogP) is 1.40. The molecule has 1 aromatic heterocycles. The first-order chi connectivity index (χ1) is 8.75. The summed E-state index contributed by atoms with van der Waals surface area (Å²) in [6.07, 6.45) is 4.71. The van der Waals surface area contributed by atoms with Gasteiger partial charge in [0.2, 0.25) is 5.91 Å². The summed E-state index contributed by atoms with van der Waals surface area (Å²) in [5.74, 6) is -0.536. The van der Waals surface area contributed by atoms with E-state index in [-0.39, 0.29) is 17.7 Å². The highest BCUT2D eigenvalue weighted by molar-refractivity contribution is 7.08. The van der Waals surface area contributed by atoms with E-state index in [2.05, 4.69) is 10.6 Å². The van der Waals surface area contributed by atoms with Crippen molar-refractivity contribution in [2.24, 2.45) is 5.92 Å². The molecule has 1 aliphatic heterocycles. The maximum absolute atomic E-state index is 11.8. The Hall–Kier alpha value is -1.46. The second-order valence-corrected chi connectivity index (χ2v) is 5.05. The highest BCUT2D eigenvalue weighted by atomic mass is 32.1. The summed E-state index contributed by atoms with van der Waals surface area (Å²) in [7, 11) is 0. The number of amides is 2. The number of hydrogen-bond donors (Lipinski definition) is 2. The standard InChI is InChI=1S/C13H16N2O2S/c16-12(2-1-10-5-8-18-9-10)15-13(17)11-3-6-14-7-4-11/h1-2,5,8-9,11,14H,3-4,6-7H2,(H,15,16,17)/b2-1+. The van der Waals surface area contributed by atoms with Gasteiger partial charge in [0, 0.05) is 12.0 Å². The van der Waals surface area contributed by atoms with Crippen molar-refractivity contribution in [1.29, 1.82) is 0 Å². The van der Waals surface area contributed by atoms with Crippen LogP contribution in [0.4, 0.5) is 0 Å². The molecule has 0 bridgehead atoms. The smallest absolute Gasteiger partial charge is 0.250 e. The van der Waals surface area contributed by atoms with Crippen molar-refractivity contribution in [3.63, 3.8) is 0 Å². The first kappa shape index (κ1) is 13.0. The Labute approximate surface area is 110 Å². The number of carbonyl (C=O) groups excluding carboxylic acids is 2. The fourth-order valence-corrected chi connectivity index (χ4v) is 2.52. The Morgan fingerprint density at radius 3 is 2.83 bits per heavy atom. The quantitative estimate of drug-likeness (QED) is 0.811. The lowest BCUT2D eigenvalue weighted by Gasteiger charge is -2.20. The molecular formula is C13H16N2O2S. The monoisotopic (exact) mass is 264 g/mol. The topological polar surface area (TPSA) is 58.2 Å². The lowest BCUT2D eigenvalue weighted by molar-refractivity contribution is -0.131. The van der Waals surface area contributed by atoms with E-state index in [4.69, 9.17) is 0 Å². The molecule has 0 radical (unpaired) electrons. The lowest BCUT2D eigenvalue weighted by atomic mass is 9.97. The largest absolute Gasteiger partial charge is 0.317 e. The van der Waals surface area contributed by atoms with Crippen molar-refractivity contribution in [2.75, 3.05) is 13.1 Å². The van der Waals surface area contributed by atoms with Gasteiger partial charge >= 0.3 is 0 Å². The Bertz CT molecular complexity index is 434. The molecular weight excluding hydrogens is 248 g/mol. The number of hydrogen-bond acceptors (Lipinski definition) is 4. The molecule has 0 aliphatic carbocycles. The molecule has 2 amide bonds. The van der Waals surface area contributed by atoms with Crippen LogP contribution < -0.4 is 10.6 Å². The molecule has 1 fully saturated rings. The summed E-state index contributed by atoms with van der Waals surface area (Å²) in [6, 6.07) is 1.92. The molecule has 4 nitrogen and oxygen atoms in total. The van der Waals surface area contributed by atoms with Gasteiger partial charge in [0.15, 0.2) is 0 Å². The average Bonchev–Trinajstić information content (AvgIpc) is 2.90. The summed E-state index contributed by atoms with van der Waals surface area (Å²) in [4.78, 5) is 23.3. The summed E-state index contributed by atoms with van der Waals surface area (Å²) in [6.45, 7) is 1.69. The van der Waals surface area contributed by atoms with E-state index in [1.165, 1.54) is 6.08 Å². The first-order valence-electron chi connectivity index (χ1n) is 6.01. The molecule has 96 valence electrons. The minimum absolute atomic E-state index is 0.0373. The van der Waals surface area contributed by atoms with E-state index in [0.29, 0.717) is 0 Å². The van der Waals surface area contributed by atoms with Gasteiger partial charge < -0.3 is 5.32 Å². The molecule has 0 spiro atoms. The molecule has 5 heteroatoms. The Balaban J connectivity index is 1.81. The molecule has 0 atom stereocenters. The van der Waals surface area contributed by atoms with Crippen molar-refractivity contribution in [2.45, 2.75) is 12.8 Å². The van der Waals surface area contributed by atoms with E-state index in [0.717, 1.165) is 31.5 Å². The van der Waals surface area contributed by atoms with Crippen LogP contribution in [0.25, 0.3) is 6.08 Å². The molecule has 2 heterocycles. The van der Waals surface area contributed by atoms with Crippen molar-refractivity contribution in [3.8, 4) is 0 Å². The molecule has 0 saturated carbocycles. The second kappa shape index (κ2) is 6.47. The van der Waals surface area contributed by atoms with Gasteiger partial charge in [0.1, 0.15) is 0 Å². The van der Waals surface area contributed by atoms with Crippen LogP contribution in [0.15, 0.2) is 22.9 Å². The fraction of sp³-hybridized carbons (Fsp3) is 0.385. The Morgan fingerprint density at radius 2 is 2.17 bits per heavy atom. The van der Waals surface area contributed by atoms with Crippen LogP contribution in [-0.4, -0.2) is 24.9 Å². The molecule has 1 aliphatic rings. The van der Waals surface area contributed by atoms with Crippen LogP contribution in [0.2, 0.25) is 0 Å². The van der Waals surface area contributed by atoms with E-state index >= 15 is 0 Å². The highest BCUT2D eigenvalue weighted by Crippen LogP contribution is 2.11. The highest BCUT2D eigenvalue weighted by Gasteiger charge is 2.21. The van der Waals surface area contributed by atoms with Crippen LogP contribution in [-0.2, 0) is 9.59 Å². The van der Waals surface area contributed by atoms with Gasteiger partial charge in [0.05, 0.1) is 0 Å². The number of rotatable bonds is 3. The molecule has 2 N–H and O–H groups in total. The third-order valence-corrected chi connectivity index (χ3v) is 3.63. The Kier molecular flexibility index (Phi) is 4.66. The summed E-state index contributed by atoms with van der Waals surface area (Å²) < 4.78 is 0. The van der Waals surface area contributed by atoms with Gasteiger partial charge in [-0.15, -0.1) is 0 Å². The van der Waals surface area contributed by atoms with E-state index in [1.807, 2.05) is 16.8 Å². The van der Waals surface area contributed by atoms with Crippen molar-refractivity contribution >= 4 is 29.2 Å². The first-order valence-corrected chi connectivity index (χ1v) is 6.96. The molecule has 18 heavy (non-hydrogen) atoms. The van der Waals surface area contributed by atoms with E-state index < -0.39 is 0 Å². The maximum Gasteiger partial charge on any atom is 0.250 e. The van der Waals surface area contributed by atoms with E-state index in [9.17, 15) is 9.59 Å². The van der Waals surface area contributed by atoms with Crippen LogP contribution in [0.3, 0.4) is 0 Å². The van der Waals surface area contributed by atoms with Crippen molar-refractivity contribution in [3.05, 3.63) is 28.5 Å². The number of thiophene rings is 1. The van der Waals surface area contributed by atoms with Gasteiger partial charge in [-0.05, 0) is 54.4 Å². The third-order valence-electron chi connectivity index (χ3n) is 2.93. The number of nitrogens with one attached hydrogen (secondary N) is 2. The maximum atomic E-state index is 11.8. The summed E-state index contributed by atoms with van der Waals surface area (Å²) in [5.41, 5.74) is 0.976. The molecule has 2 rings (SSSR count). The van der Waals surface area contributed by atoms with Crippen LogP contribution in [0.5, 0.6) is 0 Å². The second-order valence-electron chi connectivity index (χ2n) is 4.27. The van der Waals surface area contributed by atoms with Gasteiger partial charge in [0.25, 0.3) is 5.91 Å². The number of carbonyl (C=O) groups is 2. The van der Waals surface area contributed by atoms with Crippen molar-refractivity contribution < 1.29 is 9.59 Å². The zero-order valence-corrected chi connectivity index (χ0v) is 10.8. The van der Waals surface area contributed by atoms with Gasteiger partial charge in [-0.2, -0.15) is 11.3 Å². The van der Waals surface area contributed by atoms with Crippen LogP contribution in [0.1, 0.15) is 18.4 Å². The van der Waals surface area contributed by atoms with Crippen molar-refractivity contribution in [1.82, 2.24) is 10.6 Å². The Morgan fingerprint density at radius 1 is 1.39 bits per heavy atom. The third kappa shape index (κ3) is 3.78. The van der Waals surface area contributed by atoms with E-state index in [1.54, 1.807) is 17.4 Å². The SMILES string of the molecule is O=C(/C=C/c1ccsc1)NC(=O)C1CCNCC1. The zero-order chi connectivity index (χ0) is 12.8. The number of imide groups is 1.